The van der Waals surface area contributed by atoms with Gasteiger partial charge in [-0.1, -0.05) is 26.7 Å². The second-order valence-electron chi connectivity index (χ2n) is 2.74. The minimum atomic E-state index is -1.83. The van der Waals surface area contributed by atoms with Crippen LogP contribution in [0.2, 0.25) is 0 Å². The monoisotopic (exact) mass is 191 g/mol. The van der Waals surface area contributed by atoms with E-state index in [4.69, 9.17) is 15.0 Å². The highest BCUT2D eigenvalue weighted by atomic mass is 16.6. The maximum atomic E-state index is 8.56. The van der Waals surface area contributed by atoms with Crippen molar-refractivity contribution < 1.29 is 15.0 Å². The van der Waals surface area contributed by atoms with E-state index in [9.17, 15) is 0 Å². The largest absolute Gasteiger partial charge is 0.503 e. The van der Waals surface area contributed by atoms with Crippen LogP contribution in [0.3, 0.4) is 0 Å². The molecule has 0 aliphatic rings. The van der Waals surface area contributed by atoms with Crippen LogP contribution in [0.4, 0.5) is 4.79 Å². The Labute approximate surface area is 80.0 Å². The first kappa shape index (κ1) is 14.7. The lowest BCUT2D eigenvalue weighted by atomic mass is 10.3. The summed E-state index contributed by atoms with van der Waals surface area (Å²) in [6, 6.07) is 0. The van der Waals surface area contributed by atoms with Crippen molar-refractivity contribution in [3.05, 3.63) is 0 Å². The van der Waals surface area contributed by atoms with Crippen molar-refractivity contribution in [1.29, 1.82) is 0 Å². The van der Waals surface area contributed by atoms with Gasteiger partial charge in [0, 0.05) is 0 Å². The van der Waals surface area contributed by atoms with Gasteiger partial charge in [-0.05, 0) is 25.9 Å². The van der Waals surface area contributed by atoms with Crippen LogP contribution in [0.5, 0.6) is 0 Å². The fraction of sp³-hybridized carbons (Fsp3) is 0.889. The molecule has 0 saturated carbocycles. The number of carbonyl (C=O) groups is 1. The normalized spacial score (nSPS) is 8.77. The van der Waals surface area contributed by atoms with E-state index in [1.807, 2.05) is 0 Å². The maximum absolute atomic E-state index is 8.56. The van der Waals surface area contributed by atoms with Gasteiger partial charge in [-0.15, -0.1) is 0 Å². The van der Waals surface area contributed by atoms with Gasteiger partial charge in [0.05, 0.1) is 0 Å². The number of rotatable bonds is 6. The fourth-order valence-corrected chi connectivity index (χ4v) is 0.729. The molecule has 3 N–H and O–H groups in total. The van der Waals surface area contributed by atoms with Gasteiger partial charge in [0.1, 0.15) is 0 Å². The molecular formula is C9H21NO3. The van der Waals surface area contributed by atoms with Crippen LogP contribution in [0.1, 0.15) is 39.5 Å². The first-order valence-corrected chi connectivity index (χ1v) is 4.77. The number of unbranched alkanes of at least 4 members (excludes halogenated alkanes) is 2. The number of carboxylic acid groups (broad SMARTS) is 2. The Bertz CT molecular complexity index is 97.0. The van der Waals surface area contributed by atoms with E-state index in [2.05, 4.69) is 19.2 Å². The van der Waals surface area contributed by atoms with Crippen molar-refractivity contribution in [2.24, 2.45) is 0 Å². The van der Waals surface area contributed by atoms with Crippen LogP contribution >= 0.6 is 0 Å². The average Bonchev–Trinajstić information content (AvgIpc) is 2.03. The summed E-state index contributed by atoms with van der Waals surface area (Å²) >= 11 is 0. The first-order chi connectivity index (χ1) is 6.15. The first-order valence-electron chi connectivity index (χ1n) is 4.77. The Hall–Kier alpha value is -0.770. The third-order valence-corrected chi connectivity index (χ3v) is 1.41. The van der Waals surface area contributed by atoms with Crippen LogP contribution in [0.15, 0.2) is 0 Å². The molecular weight excluding hydrogens is 170 g/mol. The van der Waals surface area contributed by atoms with Gasteiger partial charge >= 0.3 is 6.16 Å². The number of nitrogens with one attached hydrogen (secondary N) is 1. The van der Waals surface area contributed by atoms with E-state index in [0.717, 1.165) is 0 Å². The Balaban J connectivity index is 0. The van der Waals surface area contributed by atoms with Crippen molar-refractivity contribution in [2.45, 2.75) is 39.5 Å². The molecule has 0 amide bonds. The van der Waals surface area contributed by atoms with Crippen molar-refractivity contribution in [3.8, 4) is 0 Å². The van der Waals surface area contributed by atoms with Crippen molar-refractivity contribution in [2.75, 3.05) is 13.1 Å². The topological polar surface area (TPSA) is 69.6 Å². The van der Waals surface area contributed by atoms with Gasteiger partial charge in [-0.3, -0.25) is 0 Å². The third kappa shape index (κ3) is 35.0. The third-order valence-electron chi connectivity index (χ3n) is 1.41. The molecule has 0 atom stereocenters. The molecule has 0 unspecified atom stereocenters. The smallest absolute Gasteiger partial charge is 0.450 e. The molecule has 0 aromatic carbocycles. The molecule has 0 saturated heterocycles. The predicted molar refractivity (Wildman–Crippen MR) is 53.3 cm³/mol. The zero-order chi connectivity index (χ0) is 10.5. The second-order valence-corrected chi connectivity index (χ2v) is 2.74. The van der Waals surface area contributed by atoms with E-state index in [-0.39, 0.29) is 0 Å². The zero-order valence-corrected chi connectivity index (χ0v) is 8.55. The van der Waals surface area contributed by atoms with Gasteiger partial charge in [0.2, 0.25) is 0 Å². The lowest BCUT2D eigenvalue weighted by Crippen LogP contribution is -2.15. The molecule has 0 rings (SSSR count). The van der Waals surface area contributed by atoms with Gasteiger partial charge in [-0.25, -0.2) is 4.79 Å². The van der Waals surface area contributed by atoms with E-state index in [1.54, 1.807) is 0 Å². The maximum Gasteiger partial charge on any atom is 0.503 e. The van der Waals surface area contributed by atoms with E-state index in [1.165, 1.54) is 38.8 Å². The molecule has 0 spiro atoms. The molecule has 0 aliphatic carbocycles. The summed E-state index contributed by atoms with van der Waals surface area (Å²) in [5.74, 6) is 0. The van der Waals surface area contributed by atoms with Crippen molar-refractivity contribution in [3.63, 3.8) is 0 Å². The van der Waals surface area contributed by atoms with Gasteiger partial charge < -0.3 is 15.5 Å². The molecule has 0 aromatic heterocycles. The fourth-order valence-electron chi connectivity index (χ4n) is 0.729. The predicted octanol–water partition coefficient (Wildman–Crippen LogP) is 2.40. The molecule has 13 heavy (non-hydrogen) atoms. The molecule has 0 aromatic rings. The highest BCUT2D eigenvalue weighted by Gasteiger charge is 1.83. The lowest BCUT2D eigenvalue weighted by Gasteiger charge is -1.99. The summed E-state index contributed by atoms with van der Waals surface area (Å²) in [4.78, 5) is 8.56. The minimum Gasteiger partial charge on any atom is -0.450 e. The lowest BCUT2D eigenvalue weighted by molar-refractivity contribution is 0.137. The second kappa shape index (κ2) is 13.8. The van der Waals surface area contributed by atoms with E-state index < -0.39 is 6.16 Å². The quantitative estimate of drug-likeness (QED) is 0.564. The summed E-state index contributed by atoms with van der Waals surface area (Å²) in [7, 11) is 0. The average molecular weight is 191 g/mol. The van der Waals surface area contributed by atoms with Crippen LogP contribution in [-0.2, 0) is 0 Å². The summed E-state index contributed by atoms with van der Waals surface area (Å²) in [5, 5.41) is 17.3. The van der Waals surface area contributed by atoms with Crippen molar-refractivity contribution in [1.82, 2.24) is 5.32 Å². The van der Waals surface area contributed by atoms with Gasteiger partial charge in [-0.2, -0.15) is 0 Å². The van der Waals surface area contributed by atoms with E-state index >= 15 is 0 Å². The summed E-state index contributed by atoms with van der Waals surface area (Å²) in [6.07, 6.45) is 3.42. The Morgan fingerprint density at radius 2 is 1.38 bits per heavy atom. The Morgan fingerprint density at radius 1 is 1.08 bits per heavy atom. The van der Waals surface area contributed by atoms with Crippen LogP contribution < -0.4 is 5.32 Å². The van der Waals surface area contributed by atoms with E-state index in [0.29, 0.717) is 0 Å². The van der Waals surface area contributed by atoms with Gasteiger partial charge in [0.25, 0.3) is 0 Å². The molecule has 0 aliphatic heterocycles. The highest BCUT2D eigenvalue weighted by Crippen LogP contribution is 1.85. The molecule has 0 bridgehead atoms. The molecule has 4 heteroatoms. The minimum absolute atomic E-state index is 1.20. The van der Waals surface area contributed by atoms with Crippen molar-refractivity contribution >= 4 is 6.16 Å². The van der Waals surface area contributed by atoms with Crippen LogP contribution in [0.25, 0.3) is 0 Å². The summed E-state index contributed by atoms with van der Waals surface area (Å²) in [5.41, 5.74) is 0. The Morgan fingerprint density at radius 3 is 1.62 bits per heavy atom. The molecule has 4 nitrogen and oxygen atoms in total. The number of hydrogen-bond acceptors (Lipinski definition) is 2. The van der Waals surface area contributed by atoms with Gasteiger partial charge in [0.15, 0.2) is 0 Å². The molecule has 0 radical (unpaired) electrons. The number of hydrogen-bond donors (Lipinski definition) is 3. The SMILES string of the molecule is CCCCNCCCC.O=C(O)O. The van der Waals surface area contributed by atoms with Crippen LogP contribution in [-0.4, -0.2) is 29.5 Å². The summed E-state index contributed by atoms with van der Waals surface area (Å²) in [6.45, 7) is 6.86. The highest BCUT2D eigenvalue weighted by molar-refractivity contribution is 5.53. The zero-order valence-electron chi connectivity index (χ0n) is 8.55. The molecule has 0 fully saturated rings. The van der Waals surface area contributed by atoms with Crippen LogP contribution in [0, 0.1) is 0 Å². The molecule has 0 heterocycles. The standard InChI is InChI=1S/C8H19N.CH2O3/c1-3-5-7-9-8-6-4-2;2-1(3)4/h9H,3-8H2,1-2H3;(H2,2,3,4). The Kier molecular flexibility index (Phi) is 15.6. The summed E-state index contributed by atoms with van der Waals surface area (Å²) < 4.78 is 0. The molecule has 80 valence electrons.